The predicted octanol–water partition coefficient (Wildman–Crippen LogP) is 4.23. The maximum absolute atomic E-state index is 13.7. The van der Waals surface area contributed by atoms with Gasteiger partial charge >= 0.3 is 0 Å². The first-order valence-corrected chi connectivity index (χ1v) is 14.7. The van der Waals surface area contributed by atoms with Crippen LogP contribution >= 0.6 is 11.6 Å². The summed E-state index contributed by atoms with van der Waals surface area (Å²) in [5, 5.41) is 4.27. The average Bonchev–Trinajstić information content (AvgIpc) is 3.24. The number of nitrogens with one attached hydrogen (secondary N) is 2. The van der Waals surface area contributed by atoms with E-state index in [4.69, 9.17) is 20.8 Å². The van der Waals surface area contributed by atoms with E-state index in [1.165, 1.54) is 4.90 Å². The van der Waals surface area contributed by atoms with E-state index in [2.05, 4.69) is 15.0 Å². The van der Waals surface area contributed by atoms with Gasteiger partial charge < -0.3 is 14.5 Å². The highest BCUT2D eigenvalue weighted by Gasteiger charge is 2.37. The van der Waals surface area contributed by atoms with Gasteiger partial charge in [0.05, 0.1) is 18.3 Å². The zero-order chi connectivity index (χ0) is 26.9. The van der Waals surface area contributed by atoms with Crippen LogP contribution in [0.3, 0.4) is 0 Å². The van der Waals surface area contributed by atoms with Crippen molar-refractivity contribution >= 4 is 50.1 Å². The molecule has 0 bridgehead atoms. The largest absolute Gasteiger partial charge is 0.461 e. The van der Waals surface area contributed by atoms with Crippen LogP contribution in [-0.4, -0.2) is 56.2 Å². The number of benzene rings is 2. The molecule has 0 spiro atoms. The van der Waals surface area contributed by atoms with Crippen molar-refractivity contribution in [2.24, 2.45) is 4.99 Å². The molecular formula is C27H31ClN4O5S. The van der Waals surface area contributed by atoms with Gasteiger partial charge in [-0.2, -0.15) is 0 Å². The van der Waals surface area contributed by atoms with Gasteiger partial charge in [0, 0.05) is 35.7 Å². The summed E-state index contributed by atoms with van der Waals surface area (Å²) in [6.45, 7) is 5.04. The Morgan fingerprint density at radius 3 is 2.58 bits per heavy atom. The highest BCUT2D eigenvalue weighted by molar-refractivity contribution is 7.90. The maximum atomic E-state index is 13.7. The SMILES string of the molecule is CCc1oc2ccc(NC3=NCC(NS(=O)(=O)C4CCOCC4)C(=O)N3Cc3ccc(Cl)cc3)cc2c1C. The van der Waals surface area contributed by atoms with Crippen LogP contribution in [0.4, 0.5) is 5.69 Å². The molecule has 3 aromatic rings. The number of amides is 1. The summed E-state index contributed by atoms with van der Waals surface area (Å²) in [5.41, 5.74) is 3.46. The number of anilines is 1. The molecule has 0 aliphatic carbocycles. The van der Waals surface area contributed by atoms with Gasteiger partial charge in [-0.25, -0.2) is 13.1 Å². The number of carbonyl (C=O) groups is 1. The molecule has 1 unspecified atom stereocenters. The first-order valence-electron chi connectivity index (χ1n) is 12.7. The Balaban J connectivity index is 1.42. The van der Waals surface area contributed by atoms with Crippen molar-refractivity contribution in [3.05, 3.63) is 64.4 Å². The molecule has 2 N–H and O–H groups in total. The fourth-order valence-electron chi connectivity index (χ4n) is 4.85. The molecule has 38 heavy (non-hydrogen) atoms. The molecule has 202 valence electrons. The van der Waals surface area contributed by atoms with Crippen LogP contribution in [0.25, 0.3) is 11.0 Å². The van der Waals surface area contributed by atoms with Crippen LogP contribution in [0, 0.1) is 6.92 Å². The maximum Gasteiger partial charge on any atom is 0.249 e. The number of hydrogen-bond donors (Lipinski definition) is 2. The number of carbonyl (C=O) groups excluding carboxylic acids is 1. The molecule has 1 aromatic heterocycles. The van der Waals surface area contributed by atoms with Gasteiger partial charge in [0.15, 0.2) is 0 Å². The summed E-state index contributed by atoms with van der Waals surface area (Å²) >= 11 is 6.05. The van der Waals surface area contributed by atoms with Crippen LogP contribution in [0.5, 0.6) is 0 Å². The Morgan fingerprint density at radius 2 is 1.87 bits per heavy atom. The summed E-state index contributed by atoms with van der Waals surface area (Å²) in [6, 6.07) is 11.9. The first-order chi connectivity index (χ1) is 18.2. The molecule has 1 atom stereocenters. The molecular weight excluding hydrogens is 528 g/mol. The lowest BCUT2D eigenvalue weighted by Crippen LogP contribution is -2.57. The molecule has 9 nitrogen and oxygen atoms in total. The fourth-order valence-corrected chi connectivity index (χ4v) is 6.55. The zero-order valence-corrected chi connectivity index (χ0v) is 22.9. The predicted molar refractivity (Wildman–Crippen MR) is 148 cm³/mol. The minimum absolute atomic E-state index is 0.00625. The van der Waals surface area contributed by atoms with E-state index in [0.29, 0.717) is 37.0 Å². The molecule has 1 saturated heterocycles. The molecule has 11 heteroatoms. The van der Waals surface area contributed by atoms with Gasteiger partial charge in [-0.3, -0.25) is 14.7 Å². The van der Waals surface area contributed by atoms with Gasteiger partial charge in [0.1, 0.15) is 17.4 Å². The molecule has 2 aliphatic rings. The van der Waals surface area contributed by atoms with Crippen molar-refractivity contribution in [2.75, 3.05) is 25.1 Å². The number of furan rings is 1. The summed E-state index contributed by atoms with van der Waals surface area (Å²) in [4.78, 5) is 19.8. The third-order valence-electron chi connectivity index (χ3n) is 7.02. The van der Waals surface area contributed by atoms with E-state index in [9.17, 15) is 13.2 Å². The van der Waals surface area contributed by atoms with Crippen molar-refractivity contribution in [3.63, 3.8) is 0 Å². The highest BCUT2D eigenvalue weighted by Crippen LogP contribution is 2.29. The summed E-state index contributed by atoms with van der Waals surface area (Å²) in [7, 11) is -3.72. The lowest BCUT2D eigenvalue weighted by atomic mass is 10.1. The Labute approximate surface area is 227 Å². The Morgan fingerprint density at radius 1 is 1.13 bits per heavy atom. The quantitative estimate of drug-likeness (QED) is 0.448. The monoisotopic (exact) mass is 558 g/mol. The smallest absolute Gasteiger partial charge is 0.249 e. The second-order valence-electron chi connectivity index (χ2n) is 9.58. The van der Waals surface area contributed by atoms with Gasteiger partial charge in [-0.1, -0.05) is 30.7 Å². The van der Waals surface area contributed by atoms with E-state index in [-0.39, 0.29) is 19.0 Å². The first kappa shape index (κ1) is 26.7. The Hall–Kier alpha value is -2.92. The van der Waals surface area contributed by atoms with Crippen molar-refractivity contribution in [1.29, 1.82) is 0 Å². The van der Waals surface area contributed by atoms with Crippen LogP contribution in [0.2, 0.25) is 5.02 Å². The molecule has 2 aliphatic heterocycles. The van der Waals surface area contributed by atoms with Crippen LogP contribution in [0.15, 0.2) is 51.9 Å². The van der Waals surface area contributed by atoms with Crippen LogP contribution in [-0.2, 0) is 32.5 Å². The number of fused-ring (bicyclic) bond motifs is 1. The highest BCUT2D eigenvalue weighted by atomic mass is 35.5. The Bertz CT molecular complexity index is 1460. The zero-order valence-electron chi connectivity index (χ0n) is 21.4. The number of aryl methyl sites for hydroxylation is 2. The van der Waals surface area contributed by atoms with Gasteiger partial charge in [-0.05, 0) is 61.2 Å². The second-order valence-corrected chi connectivity index (χ2v) is 12.0. The van der Waals surface area contributed by atoms with E-state index >= 15 is 0 Å². The summed E-state index contributed by atoms with van der Waals surface area (Å²) in [5.74, 6) is 0.913. The molecule has 2 aromatic carbocycles. The number of ether oxygens (including phenoxy) is 1. The number of hydrogen-bond acceptors (Lipinski definition) is 7. The van der Waals surface area contributed by atoms with Crippen LogP contribution < -0.4 is 10.0 Å². The van der Waals surface area contributed by atoms with Gasteiger partial charge in [0.25, 0.3) is 0 Å². The normalized spacial score (nSPS) is 19.1. The molecule has 5 rings (SSSR count). The third kappa shape index (κ3) is 5.58. The van der Waals surface area contributed by atoms with E-state index < -0.39 is 21.3 Å². The number of aliphatic imine (C=N–C) groups is 1. The average molecular weight is 559 g/mol. The number of guanidine groups is 1. The summed E-state index contributed by atoms with van der Waals surface area (Å²) < 4.78 is 39.9. The van der Waals surface area contributed by atoms with Crippen LogP contribution in [0.1, 0.15) is 36.7 Å². The number of halogens is 1. The Kier molecular flexibility index (Phi) is 7.76. The topological polar surface area (TPSA) is 113 Å². The van der Waals surface area contributed by atoms with Gasteiger partial charge in [0.2, 0.25) is 21.9 Å². The fraction of sp³-hybridized carbons (Fsp3) is 0.407. The molecule has 0 radical (unpaired) electrons. The number of sulfonamides is 1. The molecule has 1 fully saturated rings. The van der Waals surface area contributed by atoms with Crippen molar-refractivity contribution < 1.29 is 22.4 Å². The lowest BCUT2D eigenvalue weighted by molar-refractivity contribution is -0.129. The van der Waals surface area contributed by atoms with Crippen molar-refractivity contribution in [2.45, 2.75) is 50.9 Å². The molecule has 3 heterocycles. The summed E-state index contributed by atoms with van der Waals surface area (Å²) in [6.07, 6.45) is 1.59. The van der Waals surface area contributed by atoms with Gasteiger partial charge in [-0.15, -0.1) is 0 Å². The molecule has 1 amide bonds. The number of rotatable bonds is 7. The van der Waals surface area contributed by atoms with Crippen molar-refractivity contribution in [1.82, 2.24) is 9.62 Å². The molecule has 0 saturated carbocycles. The van der Waals surface area contributed by atoms with E-state index in [0.717, 1.165) is 40.0 Å². The third-order valence-corrected chi connectivity index (χ3v) is 9.24. The number of nitrogens with zero attached hydrogens (tertiary/aromatic N) is 2. The standard InChI is InChI=1S/C27H31ClN4O5S/c1-3-24-17(2)22-14-20(8-9-25(22)37-24)30-27-29-15-23(31-38(34,35)21-10-12-36-13-11-21)26(33)32(27)16-18-4-6-19(28)7-5-18/h4-9,14,21,23,31H,3,10-13,15-16H2,1-2H3,(H,29,30). The van der Waals surface area contributed by atoms with Crippen molar-refractivity contribution in [3.8, 4) is 0 Å². The lowest BCUT2D eigenvalue weighted by Gasteiger charge is -2.33. The van der Waals surface area contributed by atoms with E-state index in [1.54, 1.807) is 12.1 Å². The minimum Gasteiger partial charge on any atom is -0.461 e. The minimum atomic E-state index is -3.72. The van der Waals surface area contributed by atoms with E-state index in [1.807, 2.05) is 44.2 Å². The second kappa shape index (κ2) is 11.1.